The summed E-state index contributed by atoms with van der Waals surface area (Å²) in [6, 6.07) is 16.9. The van der Waals surface area contributed by atoms with E-state index < -0.39 is 5.91 Å². The number of amidine groups is 1. The van der Waals surface area contributed by atoms with Gasteiger partial charge in [0, 0.05) is 30.9 Å². The molecular weight excluding hydrogens is 560 g/mol. The average Bonchev–Trinajstić information content (AvgIpc) is 3.53. The van der Waals surface area contributed by atoms with Crippen LogP contribution in [0, 0.1) is 11.8 Å². The summed E-state index contributed by atoms with van der Waals surface area (Å²) in [4.78, 5) is 52.5. The lowest BCUT2D eigenvalue weighted by atomic mass is 9.91. The highest BCUT2D eigenvalue weighted by atomic mass is 16.5. The third-order valence-electron chi connectivity index (χ3n) is 8.70. The van der Waals surface area contributed by atoms with Crippen LogP contribution in [-0.4, -0.2) is 75.1 Å². The number of fused-ring (bicyclic) bond motifs is 2. The number of nitrogens with one attached hydrogen (secondary N) is 1. The summed E-state index contributed by atoms with van der Waals surface area (Å²) in [5.74, 6) is -0.106. The van der Waals surface area contributed by atoms with Gasteiger partial charge in [-0.05, 0) is 35.4 Å². The van der Waals surface area contributed by atoms with Crippen LogP contribution >= 0.6 is 0 Å². The molecule has 0 saturated carbocycles. The van der Waals surface area contributed by atoms with Crippen molar-refractivity contribution in [2.75, 3.05) is 25.0 Å². The van der Waals surface area contributed by atoms with Crippen LogP contribution in [0.1, 0.15) is 35.5 Å². The third-order valence-corrected chi connectivity index (χ3v) is 8.70. The first kappa shape index (κ1) is 27.8. The number of ether oxygens (including phenoxy) is 1. The fourth-order valence-corrected chi connectivity index (χ4v) is 6.42. The normalized spacial score (nSPS) is 21.0. The molecule has 1 saturated heterocycles. The second-order valence-corrected chi connectivity index (χ2v) is 11.8. The van der Waals surface area contributed by atoms with E-state index in [1.165, 1.54) is 6.34 Å². The highest BCUT2D eigenvalue weighted by Gasteiger charge is 2.46. The summed E-state index contributed by atoms with van der Waals surface area (Å²) >= 11 is 0. The number of nitrogens with zero attached hydrogens (tertiary/aromatic N) is 6. The summed E-state index contributed by atoms with van der Waals surface area (Å²) in [5.41, 5.74) is 9.77. The molecule has 12 nitrogen and oxygen atoms in total. The zero-order chi connectivity index (χ0) is 30.5. The lowest BCUT2D eigenvalue weighted by Crippen LogP contribution is -2.62. The molecule has 1 fully saturated rings. The van der Waals surface area contributed by atoms with Gasteiger partial charge >= 0.3 is 0 Å². The summed E-state index contributed by atoms with van der Waals surface area (Å²) < 4.78 is 8.99. The number of carbonyl (C=O) groups excluding carboxylic acids is 2. The summed E-state index contributed by atoms with van der Waals surface area (Å²) in [7, 11) is 0. The molecule has 0 aliphatic carbocycles. The Morgan fingerprint density at radius 3 is 2.55 bits per heavy atom. The van der Waals surface area contributed by atoms with Gasteiger partial charge in [-0.15, -0.1) is 0 Å². The Morgan fingerprint density at radius 1 is 1.07 bits per heavy atom. The first-order valence-corrected chi connectivity index (χ1v) is 14.8. The highest BCUT2D eigenvalue weighted by Crippen LogP contribution is 2.40. The number of benzene rings is 2. The molecule has 226 valence electrons. The SMILES string of the molecule is CC(C)C(=O)N1CC(N2C=C(c3ccc(NC(=O)c4c5n(n(-c6ccccc6)c4=O)CCOC5)cc3)C3C(N)=NC=NC32)C1. The summed E-state index contributed by atoms with van der Waals surface area (Å²) in [6.45, 7) is 6.22. The first-order valence-electron chi connectivity index (χ1n) is 14.8. The predicted octanol–water partition coefficient (Wildman–Crippen LogP) is 2.29. The van der Waals surface area contributed by atoms with E-state index >= 15 is 0 Å². The Bertz CT molecular complexity index is 1760. The van der Waals surface area contributed by atoms with E-state index in [0.717, 1.165) is 11.1 Å². The van der Waals surface area contributed by atoms with Crippen LogP contribution in [0.2, 0.25) is 0 Å². The summed E-state index contributed by atoms with van der Waals surface area (Å²) in [6.07, 6.45) is 3.36. The second kappa shape index (κ2) is 10.9. The molecule has 44 heavy (non-hydrogen) atoms. The number of anilines is 1. The van der Waals surface area contributed by atoms with Crippen molar-refractivity contribution in [3.8, 4) is 5.69 Å². The maximum absolute atomic E-state index is 13.5. The van der Waals surface area contributed by atoms with Gasteiger partial charge in [-0.2, -0.15) is 0 Å². The van der Waals surface area contributed by atoms with Gasteiger partial charge in [-0.1, -0.05) is 44.2 Å². The van der Waals surface area contributed by atoms with Crippen molar-refractivity contribution >= 4 is 35.2 Å². The molecule has 0 spiro atoms. The number of carbonyl (C=O) groups is 2. The van der Waals surface area contributed by atoms with Gasteiger partial charge in [0.05, 0.1) is 43.1 Å². The Morgan fingerprint density at radius 2 is 1.82 bits per heavy atom. The molecule has 4 aliphatic rings. The Kier molecular flexibility index (Phi) is 6.92. The number of amides is 2. The van der Waals surface area contributed by atoms with Crippen LogP contribution in [0.25, 0.3) is 11.3 Å². The minimum absolute atomic E-state index is 0.0376. The molecule has 3 N–H and O–H groups in total. The number of nitrogens with two attached hydrogens (primary N) is 1. The number of aromatic nitrogens is 2. The van der Waals surface area contributed by atoms with Gasteiger partial charge in [-0.25, -0.2) is 14.7 Å². The van der Waals surface area contributed by atoms with E-state index in [-0.39, 0.29) is 47.7 Å². The van der Waals surface area contributed by atoms with Crippen LogP contribution < -0.4 is 16.6 Å². The smallest absolute Gasteiger partial charge is 0.284 e. The number of likely N-dealkylation sites (tertiary alicyclic amines) is 1. The van der Waals surface area contributed by atoms with Crippen molar-refractivity contribution in [2.45, 2.75) is 39.2 Å². The number of rotatable bonds is 6. The van der Waals surface area contributed by atoms with Crippen molar-refractivity contribution in [2.24, 2.45) is 27.6 Å². The minimum Gasteiger partial charge on any atom is -0.386 e. The van der Waals surface area contributed by atoms with Crippen LogP contribution in [0.15, 0.2) is 75.6 Å². The quantitative estimate of drug-likeness (QED) is 0.449. The van der Waals surface area contributed by atoms with E-state index in [4.69, 9.17) is 10.5 Å². The van der Waals surface area contributed by atoms with Crippen molar-refractivity contribution in [1.29, 1.82) is 0 Å². The molecule has 1 aromatic heterocycles. The molecule has 0 radical (unpaired) electrons. The molecular formula is C32H34N8O4. The van der Waals surface area contributed by atoms with E-state index in [1.54, 1.807) is 4.68 Å². The van der Waals surface area contributed by atoms with Crippen LogP contribution in [-0.2, 0) is 22.7 Å². The van der Waals surface area contributed by atoms with E-state index in [2.05, 4.69) is 26.4 Å². The molecule has 0 bridgehead atoms. The predicted molar refractivity (Wildman–Crippen MR) is 166 cm³/mol. The first-order chi connectivity index (χ1) is 21.3. The zero-order valence-corrected chi connectivity index (χ0v) is 24.6. The van der Waals surface area contributed by atoms with Gasteiger partial charge in [-0.3, -0.25) is 19.1 Å². The maximum atomic E-state index is 13.5. The van der Waals surface area contributed by atoms with Crippen LogP contribution in [0.5, 0.6) is 0 Å². The average molecular weight is 595 g/mol. The van der Waals surface area contributed by atoms with Crippen LogP contribution in [0.4, 0.5) is 5.69 Å². The van der Waals surface area contributed by atoms with Gasteiger partial charge in [0.25, 0.3) is 11.5 Å². The molecule has 3 aromatic rings. The second-order valence-electron chi connectivity index (χ2n) is 11.8. The molecule has 2 amide bonds. The summed E-state index contributed by atoms with van der Waals surface area (Å²) in [5, 5.41) is 2.91. The standard InChI is InChI=1S/C32H34N8O4/c1-19(2)31(42)37-14-23(15-37)38-16-24(26-28(33)34-18-35-29(26)38)20-8-10-21(11-9-20)36-30(41)27-25-17-44-13-12-39(25)40(32(27)43)22-6-4-3-5-7-22/h3-11,16,18-19,23,26,29H,12-15,17H2,1-2H3,(H,36,41)(H2,33,34,35). The van der Waals surface area contributed by atoms with Gasteiger partial charge in [0.2, 0.25) is 5.91 Å². The number of para-hydroxylation sites is 1. The molecule has 2 atom stereocenters. The molecule has 2 aromatic carbocycles. The van der Waals surface area contributed by atoms with Gasteiger partial charge in [0.15, 0.2) is 0 Å². The Hall–Kier alpha value is -4.97. The lowest BCUT2D eigenvalue weighted by molar-refractivity contribution is -0.141. The van der Waals surface area contributed by atoms with Gasteiger partial charge < -0.3 is 25.6 Å². The fraction of sp³-hybridized carbons (Fsp3) is 0.344. The Balaban J connectivity index is 1.12. The number of hydrogen-bond donors (Lipinski definition) is 2. The minimum atomic E-state index is -0.485. The Labute approximate surface area is 254 Å². The van der Waals surface area contributed by atoms with Crippen molar-refractivity contribution in [3.63, 3.8) is 0 Å². The molecule has 5 heterocycles. The molecule has 2 unspecified atom stereocenters. The maximum Gasteiger partial charge on any atom is 0.284 e. The fourth-order valence-electron chi connectivity index (χ4n) is 6.42. The van der Waals surface area contributed by atoms with E-state index in [1.807, 2.05) is 78.0 Å². The number of hydrogen-bond acceptors (Lipinski definition) is 8. The number of aliphatic imine (C=N–C) groups is 2. The molecule has 7 rings (SSSR count). The molecule has 12 heteroatoms. The largest absolute Gasteiger partial charge is 0.386 e. The lowest BCUT2D eigenvalue weighted by Gasteiger charge is -2.46. The van der Waals surface area contributed by atoms with E-state index in [9.17, 15) is 14.4 Å². The monoisotopic (exact) mass is 594 g/mol. The van der Waals surface area contributed by atoms with Crippen molar-refractivity contribution in [1.82, 2.24) is 19.2 Å². The van der Waals surface area contributed by atoms with Gasteiger partial charge in [0.1, 0.15) is 23.9 Å². The van der Waals surface area contributed by atoms with E-state index in [0.29, 0.717) is 49.1 Å². The van der Waals surface area contributed by atoms with Crippen molar-refractivity contribution < 1.29 is 14.3 Å². The van der Waals surface area contributed by atoms with Crippen LogP contribution in [0.3, 0.4) is 0 Å². The highest BCUT2D eigenvalue weighted by molar-refractivity contribution is 6.05. The zero-order valence-electron chi connectivity index (χ0n) is 24.6. The topological polar surface area (TPSA) is 140 Å². The molecule has 4 aliphatic heterocycles. The third kappa shape index (κ3) is 4.62. The van der Waals surface area contributed by atoms with Crippen molar-refractivity contribution in [3.05, 3.63) is 88.0 Å².